The van der Waals surface area contributed by atoms with Gasteiger partial charge in [-0.25, -0.2) is 18.4 Å². The molecule has 2 aliphatic heterocycles. The number of ether oxygens (including phenoxy) is 1. The maximum atomic E-state index is 12.6. The fraction of sp³-hybridized carbons (Fsp3) is 0.500. The van der Waals surface area contributed by atoms with Crippen molar-refractivity contribution in [3.63, 3.8) is 0 Å². The van der Waals surface area contributed by atoms with Crippen molar-refractivity contribution in [3.05, 3.63) is 47.4 Å². The molecular formula is C20H26N4O3S. The number of anilines is 1. The van der Waals surface area contributed by atoms with Crippen LogP contribution in [0.4, 0.5) is 5.82 Å². The maximum absolute atomic E-state index is 12.6. The lowest BCUT2D eigenvalue weighted by molar-refractivity contribution is 0.122. The normalized spacial score (nSPS) is 18.1. The predicted molar refractivity (Wildman–Crippen MR) is 107 cm³/mol. The number of fused-ring (bicyclic) bond motifs is 1. The van der Waals surface area contributed by atoms with Crippen LogP contribution in [0.5, 0.6) is 0 Å². The topological polar surface area (TPSA) is 75.6 Å². The monoisotopic (exact) mass is 402 g/mol. The molecule has 4 rings (SSSR count). The van der Waals surface area contributed by atoms with E-state index in [9.17, 15) is 8.42 Å². The summed E-state index contributed by atoms with van der Waals surface area (Å²) in [7, 11) is -3.27. The molecule has 0 saturated carbocycles. The molecule has 0 amide bonds. The number of benzene rings is 1. The summed E-state index contributed by atoms with van der Waals surface area (Å²) in [5.41, 5.74) is 2.23. The molecule has 150 valence electrons. The van der Waals surface area contributed by atoms with Gasteiger partial charge in [0.1, 0.15) is 11.6 Å². The van der Waals surface area contributed by atoms with Crippen molar-refractivity contribution in [3.8, 4) is 0 Å². The number of sulfone groups is 1. The van der Waals surface area contributed by atoms with Gasteiger partial charge in [0.2, 0.25) is 0 Å². The molecule has 0 unspecified atom stereocenters. The van der Waals surface area contributed by atoms with Crippen LogP contribution in [0.2, 0.25) is 0 Å². The van der Waals surface area contributed by atoms with E-state index in [1.165, 1.54) is 0 Å². The lowest BCUT2D eigenvalue weighted by Gasteiger charge is -2.34. The average molecular weight is 403 g/mol. The molecule has 1 aromatic heterocycles. The first-order valence-corrected chi connectivity index (χ1v) is 11.4. The van der Waals surface area contributed by atoms with Crippen molar-refractivity contribution >= 4 is 15.7 Å². The van der Waals surface area contributed by atoms with Crippen LogP contribution >= 0.6 is 0 Å². The minimum atomic E-state index is -3.27. The highest BCUT2D eigenvalue weighted by Gasteiger charge is 2.26. The molecule has 2 aromatic rings. The van der Waals surface area contributed by atoms with Gasteiger partial charge in [-0.1, -0.05) is 18.2 Å². The van der Waals surface area contributed by atoms with Gasteiger partial charge in [0, 0.05) is 44.7 Å². The van der Waals surface area contributed by atoms with E-state index in [1.807, 2.05) is 13.0 Å². The first kappa shape index (κ1) is 19.3. The Hall–Kier alpha value is -2.03. The van der Waals surface area contributed by atoms with Gasteiger partial charge >= 0.3 is 0 Å². The zero-order chi connectivity index (χ0) is 19.6. The molecule has 1 fully saturated rings. The third-order valence-corrected chi connectivity index (χ3v) is 7.03. The highest BCUT2D eigenvalue weighted by atomic mass is 32.2. The standard InChI is InChI=1S/C20H26N4O3S/c1-16-21-19-7-8-23(11-14-28(25,26)17-5-3-2-4-6-17)15-18(19)20(22-16)24-9-12-27-13-10-24/h2-6H,7-15H2,1H3. The Morgan fingerprint density at radius 2 is 1.82 bits per heavy atom. The van der Waals surface area contributed by atoms with Crippen LogP contribution < -0.4 is 4.90 Å². The van der Waals surface area contributed by atoms with Crippen molar-refractivity contribution in [2.75, 3.05) is 50.0 Å². The van der Waals surface area contributed by atoms with Crippen molar-refractivity contribution in [1.82, 2.24) is 14.9 Å². The molecule has 2 aliphatic rings. The third kappa shape index (κ3) is 4.19. The van der Waals surface area contributed by atoms with E-state index in [0.29, 0.717) is 31.2 Å². The summed E-state index contributed by atoms with van der Waals surface area (Å²) in [6.07, 6.45) is 0.821. The Balaban J connectivity index is 1.50. The second-order valence-corrected chi connectivity index (χ2v) is 9.39. The number of morpholine rings is 1. The summed E-state index contributed by atoms with van der Waals surface area (Å²) < 4.78 is 30.7. The summed E-state index contributed by atoms with van der Waals surface area (Å²) in [5, 5.41) is 0. The molecule has 8 heteroatoms. The smallest absolute Gasteiger partial charge is 0.179 e. The second kappa shape index (κ2) is 8.14. The molecule has 7 nitrogen and oxygen atoms in total. The number of hydrogen-bond donors (Lipinski definition) is 0. The van der Waals surface area contributed by atoms with Crippen LogP contribution in [-0.2, 0) is 27.5 Å². The minimum absolute atomic E-state index is 0.117. The molecule has 0 spiro atoms. The Bertz CT molecular complexity index is 928. The first-order valence-electron chi connectivity index (χ1n) is 9.72. The van der Waals surface area contributed by atoms with Crippen molar-refractivity contribution < 1.29 is 13.2 Å². The van der Waals surface area contributed by atoms with E-state index in [-0.39, 0.29) is 5.75 Å². The Labute approximate surface area is 166 Å². The number of rotatable bonds is 5. The number of aryl methyl sites for hydroxylation is 1. The molecule has 0 aliphatic carbocycles. The van der Waals surface area contributed by atoms with Crippen molar-refractivity contribution in [2.45, 2.75) is 24.8 Å². The zero-order valence-electron chi connectivity index (χ0n) is 16.2. The molecule has 0 bridgehead atoms. The summed E-state index contributed by atoms with van der Waals surface area (Å²) in [5.74, 6) is 1.90. The van der Waals surface area contributed by atoms with E-state index in [0.717, 1.165) is 49.0 Å². The van der Waals surface area contributed by atoms with Crippen LogP contribution in [0.1, 0.15) is 17.1 Å². The van der Waals surface area contributed by atoms with E-state index >= 15 is 0 Å². The fourth-order valence-electron chi connectivity index (χ4n) is 3.80. The summed E-state index contributed by atoms with van der Waals surface area (Å²) in [6.45, 7) is 7.00. The molecule has 0 N–H and O–H groups in total. The van der Waals surface area contributed by atoms with Gasteiger partial charge in [-0.05, 0) is 19.1 Å². The van der Waals surface area contributed by atoms with Gasteiger partial charge in [-0.2, -0.15) is 0 Å². The van der Waals surface area contributed by atoms with Crippen LogP contribution in [-0.4, -0.2) is 68.4 Å². The van der Waals surface area contributed by atoms with Gasteiger partial charge in [-0.3, -0.25) is 4.90 Å². The zero-order valence-corrected chi connectivity index (χ0v) is 17.0. The maximum Gasteiger partial charge on any atom is 0.179 e. The van der Waals surface area contributed by atoms with Crippen LogP contribution in [0.25, 0.3) is 0 Å². The van der Waals surface area contributed by atoms with Crippen molar-refractivity contribution in [1.29, 1.82) is 0 Å². The van der Waals surface area contributed by atoms with Gasteiger partial charge < -0.3 is 9.64 Å². The minimum Gasteiger partial charge on any atom is -0.378 e. The number of nitrogens with zero attached hydrogens (tertiary/aromatic N) is 4. The first-order chi connectivity index (χ1) is 13.5. The van der Waals surface area contributed by atoms with Gasteiger partial charge in [-0.15, -0.1) is 0 Å². The third-order valence-electron chi connectivity index (χ3n) is 5.32. The number of aromatic nitrogens is 2. The number of hydrogen-bond acceptors (Lipinski definition) is 7. The average Bonchev–Trinajstić information content (AvgIpc) is 2.73. The summed E-state index contributed by atoms with van der Waals surface area (Å²) in [6, 6.07) is 8.67. The van der Waals surface area contributed by atoms with Crippen LogP contribution in [0.15, 0.2) is 35.2 Å². The SMILES string of the molecule is Cc1nc2c(c(N3CCOCC3)n1)CN(CCS(=O)(=O)c1ccccc1)CC2. The molecule has 1 aromatic carbocycles. The Morgan fingerprint density at radius 3 is 2.57 bits per heavy atom. The molecule has 1 saturated heterocycles. The van der Waals surface area contributed by atoms with Gasteiger partial charge in [0.05, 0.1) is 29.6 Å². The summed E-state index contributed by atoms with van der Waals surface area (Å²) >= 11 is 0. The van der Waals surface area contributed by atoms with Crippen molar-refractivity contribution in [2.24, 2.45) is 0 Å². The highest BCUT2D eigenvalue weighted by Crippen LogP contribution is 2.27. The fourth-order valence-corrected chi connectivity index (χ4v) is 5.10. The van der Waals surface area contributed by atoms with E-state index in [4.69, 9.17) is 9.72 Å². The van der Waals surface area contributed by atoms with Crippen LogP contribution in [0.3, 0.4) is 0 Å². The molecular weight excluding hydrogens is 376 g/mol. The quantitative estimate of drug-likeness (QED) is 0.749. The summed E-state index contributed by atoms with van der Waals surface area (Å²) in [4.78, 5) is 14.2. The van der Waals surface area contributed by atoms with Gasteiger partial charge in [0.15, 0.2) is 9.84 Å². The molecule has 0 atom stereocenters. The van der Waals surface area contributed by atoms with E-state index in [1.54, 1.807) is 24.3 Å². The van der Waals surface area contributed by atoms with Crippen LogP contribution in [0, 0.1) is 6.92 Å². The molecule has 0 radical (unpaired) electrons. The molecule has 3 heterocycles. The van der Waals surface area contributed by atoms with E-state index in [2.05, 4.69) is 14.8 Å². The Kier molecular flexibility index (Phi) is 5.61. The predicted octanol–water partition coefficient (Wildman–Crippen LogP) is 1.45. The highest BCUT2D eigenvalue weighted by molar-refractivity contribution is 7.91. The van der Waals surface area contributed by atoms with E-state index < -0.39 is 9.84 Å². The van der Waals surface area contributed by atoms with Gasteiger partial charge in [0.25, 0.3) is 0 Å². The second-order valence-electron chi connectivity index (χ2n) is 7.28. The lowest BCUT2D eigenvalue weighted by atomic mass is 10.1. The molecule has 28 heavy (non-hydrogen) atoms. The Morgan fingerprint density at radius 1 is 1.07 bits per heavy atom. The largest absolute Gasteiger partial charge is 0.378 e. The lowest BCUT2D eigenvalue weighted by Crippen LogP contribution is -2.40.